The van der Waals surface area contributed by atoms with Gasteiger partial charge in [0.25, 0.3) is 0 Å². The highest BCUT2D eigenvalue weighted by Gasteiger charge is 2.58. The molecule has 4 fully saturated rings. The largest absolute Gasteiger partial charge is 0.390 e. The number of rotatable bonds is 12. The number of likely N-dealkylation sites (tertiary alicyclic amines) is 2. The maximum Gasteiger partial charge on any atom is 0.243 e. The van der Waals surface area contributed by atoms with Crippen molar-refractivity contribution in [1.82, 2.24) is 20.4 Å². The SMILES string of the molecule is CC(C(=O)N[C@@H](Cc1ccccc1)[C@H](O)CNC1(c2cccc(Br)c2)CC1)N1CC[C@]2(C[C@H](F)CN2CC2CC2)C1=O. The Balaban J connectivity index is 1.13. The Morgan fingerprint density at radius 3 is 2.60 bits per heavy atom. The number of amides is 2. The lowest BCUT2D eigenvalue weighted by atomic mass is 9.93. The summed E-state index contributed by atoms with van der Waals surface area (Å²) in [4.78, 5) is 31.2. The number of nitrogens with zero attached hydrogens (tertiary/aromatic N) is 2. The van der Waals surface area contributed by atoms with Crippen LogP contribution >= 0.6 is 15.9 Å². The molecule has 5 atom stereocenters. The molecule has 3 N–H and O–H groups in total. The van der Waals surface area contributed by atoms with Crippen LogP contribution in [0, 0.1) is 5.92 Å². The van der Waals surface area contributed by atoms with Crippen molar-refractivity contribution >= 4 is 27.7 Å². The van der Waals surface area contributed by atoms with Gasteiger partial charge in [0, 0.05) is 42.6 Å². The minimum atomic E-state index is -1.01. The van der Waals surface area contributed by atoms with Crippen molar-refractivity contribution in [3.05, 3.63) is 70.2 Å². The van der Waals surface area contributed by atoms with Gasteiger partial charge in [-0.3, -0.25) is 14.5 Å². The molecule has 7 nitrogen and oxygen atoms in total. The minimum Gasteiger partial charge on any atom is -0.390 e. The topological polar surface area (TPSA) is 84.9 Å². The zero-order valence-electron chi connectivity index (χ0n) is 24.3. The molecule has 2 saturated heterocycles. The standard InChI is InChI=1S/C33H42BrFN4O3/c1-22(39-15-14-33(31(39)42)18-27(35)21-38(33)20-24-10-11-24)30(41)37-28(16-23-6-3-2-4-7-23)29(40)19-36-32(12-13-32)25-8-5-9-26(34)17-25/h2-9,17,22,24,27-29,36,40H,10-16,18-21H2,1H3,(H,37,41)/t22?,27-,28-,29+,33-/m0/s1. The van der Waals surface area contributed by atoms with Crippen LogP contribution in [0.2, 0.25) is 0 Å². The number of alkyl halides is 1. The fourth-order valence-electron chi connectivity index (χ4n) is 6.99. The number of aliphatic hydroxyl groups excluding tert-OH is 1. The van der Waals surface area contributed by atoms with Gasteiger partial charge in [0.2, 0.25) is 11.8 Å². The molecular weight excluding hydrogens is 599 g/mol. The maximum absolute atomic E-state index is 14.6. The lowest BCUT2D eigenvalue weighted by Crippen LogP contribution is -2.57. The van der Waals surface area contributed by atoms with Gasteiger partial charge in [-0.1, -0.05) is 58.4 Å². The van der Waals surface area contributed by atoms with Gasteiger partial charge < -0.3 is 20.6 Å². The summed E-state index contributed by atoms with van der Waals surface area (Å²) in [7, 11) is 0. The molecule has 2 aromatic rings. The van der Waals surface area contributed by atoms with E-state index in [9.17, 15) is 19.1 Å². The highest BCUT2D eigenvalue weighted by Crippen LogP contribution is 2.46. The molecule has 226 valence electrons. The normalized spacial score (nSPS) is 27.3. The van der Waals surface area contributed by atoms with Crippen molar-refractivity contribution in [3.63, 3.8) is 0 Å². The number of carbonyl (C=O) groups is 2. The Hall–Kier alpha value is -2.33. The van der Waals surface area contributed by atoms with Gasteiger partial charge in [0.1, 0.15) is 17.8 Å². The van der Waals surface area contributed by atoms with Crippen LogP contribution < -0.4 is 10.6 Å². The van der Waals surface area contributed by atoms with Crippen molar-refractivity contribution in [3.8, 4) is 0 Å². The molecule has 2 aliphatic carbocycles. The Bertz CT molecular complexity index is 1290. The second kappa shape index (κ2) is 12.0. The maximum atomic E-state index is 14.6. The number of carbonyl (C=O) groups excluding carboxylic acids is 2. The van der Waals surface area contributed by atoms with Crippen LogP contribution in [0.15, 0.2) is 59.1 Å². The third-order valence-electron chi connectivity index (χ3n) is 9.90. The van der Waals surface area contributed by atoms with Crippen LogP contribution in [0.3, 0.4) is 0 Å². The van der Waals surface area contributed by atoms with Crippen LogP contribution in [0.1, 0.15) is 56.6 Å². The number of hydrogen-bond acceptors (Lipinski definition) is 5. The molecule has 1 unspecified atom stereocenters. The van der Waals surface area contributed by atoms with Gasteiger partial charge in [-0.2, -0.15) is 0 Å². The summed E-state index contributed by atoms with van der Waals surface area (Å²) >= 11 is 3.56. The number of hydrogen-bond donors (Lipinski definition) is 3. The van der Waals surface area contributed by atoms with Gasteiger partial charge in [0.15, 0.2) is 0 Å². The summed E-state index contributed by atoms with van der Waals surface area (Å²) in [5, 5.41) is 18.1. The average molecular weight is 642 g/mol. The van der Waals surface area contributed by atoms with E-state index in [1.807, 2.05) is 42.5 Å². The van der Waals surface area contributed by atoms with E-state index in [0.717, 1.165) is 42.3 Å². The van der Waals surface area contributed by atoms with Crippen molar-refractivity contribution in [2.75, 3.05) is 26.2 Å². The lowest BCUT2D eigenvalue weighted by Gasteiger charge is -2.34. The molecule has 2 saturated carbocycles. The van der Waals surface area contributed by atoms with E-state index >= 15 is 0 Å². The second-order valence-electron chi connectivity index (χ2n) is 13.0. The van der Waals surface area contributed by atoms with E-state index in [4.69, 9.17) is 0 Å². The second-order valence-corrected chi connectivity index (χ2v) is 13.9. The Labute approximate surface area is 256 Å². The third kappa shape index (κ3) is 6.16. The molecule has 4 aliphatic rings. The fourth-order valence-corrected chi connectivity index (χ4v) is 7.39. The van der Waals surface area contributed by atoms with Crippen molar-refractivity contribution < 1.29 is 19.1 Å². The number of nitrogens with one attached hydrogen (secondary N) is 2. The van der Waals surface area contributed by atoms with Gasteiger partial charge in [-0.05, 0) is 74.6 Å². The van der Waals surface area contributed by atoms with Gasteiger partial charge >= 0.3 is 0 Å². The van der Waals surface area contributed by atoms with Crippen molar-refractivity contribution in [2.24, 2.45) is 5.92 Å². The van der Waals surface area contributed by atoms with Crippen LogP contribution in [-0.2, 0) is 21.5 Å². The van der Waals surface area contributed by atoms with E-state index in [2.05, 4.69) is 43.6 Å². The number of halogens is 2. The van der Waals surface area contributed by atoms with E-state index in [1.54, 1.807) is 11.8 Å². The zero-order valence-corrected chi connectivity index (χ0v) is 25.9. The first-order valence-electron chi connectivity index (χ1n) is 15.4. The first kappa shape index (κ1) is 29.7. The smallest absolute Gasteiger partial charge is 0.243 e. The molecule has 2 aliphatic heterocycles. The van der Waals surface area contributed by atoms with Crippen LogP contribution in [0.4, 0.5) is 4.39 Å². The fraction of sp³-hybridized carbons (Fsp3) is 0.576. The highest BCUT2D eigenvalue weighted by atomic mass is 79.9. The molecule has 0 bridgehead atoms. The highest BCUT2D eigenvalue weighted by molar-refractivity contribution is 9.10. The number of benzene rings is 2. The molecule has 2 amide bonds. The minimum absolute atomic E-state index is 0.127. The third-order valence-corrected chi connectivity index (χ3v) is 10.4. The quantitative estimate of drug-likeness (QED) is 0.327. The first-order valence-corrected chi connectivity index (χ1v) is 16.2. The molecule has 1 spiro atoms. The molecule has 0 aromatic heterocycles. The van der Waals surface area contributed by atoms with E-state index in [-0.39, 0.29) is 23.8 Å². The molecule has 0 radical (unpaired) electrons. The molecule has 2 aromatic carbocycles. The Morgan fingerprint density at radius 2 is 1.90 bits per heavy atom. The summed E-state index contributed by atoms with van der Waals surface area (Å²) in [6.45, 7) is 3.56. The van der Waals surface area contributed by atoms with Crippen molar-refractivity contribution in [1.29, 1.82) is 0 Å². The molecule has 6 rings (SSSR count). The van der Waals surface area contributed by atoms with Crippen LogP contribution in [-0.4, -0.2) is 82.8 Å². The summed E-state index contributed by atoms with van der Waals surface area (Å²) in [6.07, 6.45) is 3.62. The molecule has 9 heteroatoms. The molecule has 2 heterocycles. The Morgan fingerprint density at radius 1 is 1.14 bits per heavy atom. The van der Waals surface area contributed by atoms with E-state index in [1.165, 1.54) is 5.56 Å². The lowest BCUT2D eigenvalue weighted by molar-refractivity contribution is -0.143. The summed E-state index contributed by atoms with van der Waals surface area (Å²) in [6, 6.07) is 16.8. The molecule has 42 heavy (non-hydrogen) atoms. The van der Waals surface area contributed by atoms with Gasteiger partial charge in [-0.15, -0.1) is 0 Å². The van der Waals surface area contributed by atoms with Gasteiger partial charge in [0.05, 0.1) is 12.1 Å². The van der Waals surface area contributed by atoms with E-state index in [0.29, 0.717) is 38.4 Å². The predicted molar refractivity (Wildman–Crippen MR) is 163 cm³/mol. The van der Waals surface area contributed by atoms with Crippen LogP contribution in [0.5, 0.6) is 0 Å². The molecular formula is C33H42BrFN4O3. The zero-order chi connectivity index (χ0) is 29.5. The monoisotopic (exact) mass is 640 g/mol. The first-order chi connectivity index (χ1) is 20.2. The van der Waals surface area contributed by atoms with E-state index < -0.39 is 29.9 Å². The summed E-state index contributed by atoms with van der Waals surface area (Å²) in [5.74, 6) is 0.135. The van der Waals surface area contributed by atoms with Crippen LogP contribution in [0.25, 0.3) is 0 Å². The average Bonchev–Trinajstić information content (AvgIpc) is 3.90. The van der Waals surface area contributed by atoms with Crippen molar-refractivity contribution in [2.45, 2.75) is 87.3 Å². The Kier molecular flexibility index (Phi) is 8.48. The summed E-state index contributed by atoms with van der Waals surface area (Å²) in [5.41, 5.74) is 1.20. The predicted octanol–water partition coefficient (Wildman–Crippen LogP) is 3.93. The summed E-state index contributed by atoms with van der Waals surface area (Å²) < 4.78 is 15.6. The number of aliphatic hydroxyl groups is 1. The van der Waals surface area contributed by atoms with Gasteiger partial charge in [-0.25, -0.2) is 4.39 Å².